The number of hydrogen-bond acceptors (Lipinski definition) is 4. The fourth-order valence-corrected chi connectivity index (χ4v) is 2.10. The zero-order valence-electron chi connectivity index (χ0n) is 12.4. The van der Waals surface area contributed by atoms with E-state index in [1.165, 1.54) is 16.8 Å². The maximum atomic E-state index is 11.8. The number of pyridine rings is 1. The number of aromatic nitrogens is 1. The average Bonchev–Trinajstić information content (AvgIpc) is 2.50. The Morgan fingerprint density at radius 1 is 1.26 bits per heavy atom. The molecule has 2 aromatic rings. The van der Waals surface area contributed by atoms with Crippen molar-refractivity contribution in [3.8, 4) is 0 Å². The molecule has 0 saturated heterocycles. The molecule has 0 fully saturated rings. The van der Waals surface area contributed by atoms with Gasteiger partial charge in [-0.05, 0) is 36.8 Å². The van der Waals surface area contributed by atoms with Crippen LogP contribution in [0.25, 0.3) is 0 Å². The van der Waals surface area contributed by atoms with Crippen LogP contribution in [0.15, 0.2) is 47.4 Å². The normalized spacial score (nSPS) is 10.2. The number of carbonyl (C=O) groups excluding carboxylic acids is 2. The summed E-state index contributed by atoms with van der Waals surface area (Å²) in [4.78, 5) is 34.9. The Morgan fingerprint density at radius 3 is 2.74 bits per heavy atom. The van der Waals surface area contributed by atoms with E-state index < -0.39 is 18.5 Å². The van der Waals surface area contributed by atoms with Crippen molar-refractivity contribution in [1.29, 1.82) is 0 Å². The molecule has 1 amide bonds. The highest BCUT2D eigenvalue weighted by Gasteiger charge is 2.10. The van der Waals surface area contributed by atoms with Crippen molar-refractivity contribution in [3.63, 3.8) is 0 Å². The number of esters is 1. The first-order valence-corrected chi connectivity index (χ1v) is 7.20. The van der Waals surface area contributed by atoms with Gasteiger partial charge in [0.05, 0.1) is 0 Å². The maximum absolute atomic E-state index is 11.8. The summed E-state index contributed by atoms with van der Waals surface area (Å²) >= 11 is 5.84. The zero-order valence-corrected chi connectivity index (χ0v) is 13.2. The van der Waals surface area contributed by atoms with E-state index in [1.54, 1.807) is 37.3 Å². The van der Waals surface area contributed by atoms with Gasteiger partial charge in [-0.2, -0.15) is 0 Å². The molecular formula is C16H15ClN2O4. The van der Waals surface area contributed by atoms with Crippen molar-refractivity contribution >= 4 is 29.2 Å². The highest BCUT2D eigenvalue weighted by atomic mass is 35.5. The molecule has 0 aliphatic heterocycles. The first kappa shape index (κ1) is 16.8. The predicted molar refractivity (Wildman–Crippen MR) is 86.5 cm³/mol. The Kier molecular flexibility index (Phi) is 5.54. The molecule has 1 aromatic heterocycles. The van der Waals surface area contributed by atoms with Crippen LogP contribution in [0.3, 0.4) is 0 Å². The van der Waals surface area contributed by atoms with Crippen molar-refractivity contribution in [2.45, 2.75) is 13.5 Å². The van der Waals surface area contributed by atoms with Crippen molar-refractivity contribution < 1.29 is 14.3 Å². The number of benzene rings is 1. The van der Waals surface area contributed by atoms with Crippen LogP contribution < -0.4 is 10.9 Å². The van der Waals surface area contributed by atoms with E-state index >= 15 is 0 Å². The van der Waals surface area contributed by atoms with Crippen LogP contribution in [-0.2, 0) is 20.9 Å². The highest BCUT2D eigenvalue weighted by molar-refractivity contribution is 6.30. The Balaban J connectivity index is 1.85. The highest BCUT2D eigenvalue weighted by Crippen LogP contribution is 2.19. The summed E-state index contributed by atoms with van der Waals surface area (Å²) in [6.45, 7) is 1.13. The van der Waals surface area contributed by atoms with E-state index in [0.29, 0.717) is 10.7 Å². The summed E-state index contributed by atoms with van der Waals surface area (Å²) in [5.74, 6) is -1.13. The number of amides is 1. The van der Waals surface area contributed by atoms with Crippen LogP contribution in [0.5, 0.6) is 0 Å². The minimum Gasteiger partial charge on any atom is -0.454 e. The Morgan fingerprint density at radius 2 is 2.04 bits per heavy atom. The van der Waals surface area contributed by atoms with Crippen molar-refractivity contribution in [3.05, 3.63) is 63.5 Å². The molecule has 0 atom stereocenters. The fourth-order valence-electron chi connectivity index (χ4n) is 1.88. The molecule has 0 spiro atoms. The van der Waals surface area contributed by atoms with Gasteiger partial charge >= 0.3 is 5.97 Å². The topological polar surface area (TPSA) is 77.4 Å². The number of nitrogens with one attached hydrogen (secondary N) is 1. The number of rotatable bonds is 5. The van der Waals surface area contributed by atoms with Crippen molar-refractivity contribution in [2.24, 2.45) is 0 Å². The van der Waals surface area contributed by atoms with Gasteiger partial charge in [-0.3, -0.25) is 14.4 Å². The third-order valence-corrected chi connectivity index (χ3v) is 3.26. The van der Waals surface area contributed by atoms with Crippen molar-refractivity contribution in [2.75, 3.05) is 11.9 Å². The minimum atomic E-state index is -0.665. The lowest BCUT2D eigenvalue weighted by Crippen LogP contribution is -2.27. The second-order valence-electron chi connectivity index (χ2n) is 4.83. The molecule has 0 aliphatic rings. The van der Waals surface area contributed by atoms with Crippen LogP contribution in [0.1, 0.15) is 5.56 Å². The Hall–Kier alpha value is -2.60. The van der Waals surface area contributed by atoms with Crippen LogP contribution in [0.4, 0.5) is 5.69 Å². The lowest BCUT2D eigenvalue weighted by atomic mass is 10.2. The summed E-state index contributed by atoms with van der Waals surface area (Å²) in [6.07, 6.45) is 1.47. The Bertz CT molecular complexity index is 786. The van der Waals surface area contributed by atoms with Gasteiger partial charge in [-0.15, -0.1) is 0 Å². The number of carbonyl (C=O) groups is 2. The van der Waals surface area contributed by atoms with Crippen LogP contribution in [-0.4, -0.2) is 23.1 Å². The molecule has 2 rings (SSSR count). The molecule has 0 unspecified atom stereocenters. The third kappa shape index (κ3) is 4.96. The maximum Gasteiger partial charge on any atom is 0.326 e. The fraction of sp³-hybridized carbons (Fsp3) is 0.188. The summed E-state index contributed by atoms with van der Waals surface area (Å²) in [5, 5.41) is 3.19. The third-order valence-electron chi connectivity index (χ3n) is 3.03. The van der Waals surface area contributed by atoms with Gasteiger partial charge in [0.15, 0.2) is 6.61 Å². The molecule has 6 nitrogen and oxygen atoms in total. The summed E-state index contributed by atoms with van der Waals surface area (Å²) in [7, 11) is 0. The molecule has 0 radical (unpaired) electrons. The predicted octanol–water partition coefficient (Wildman–Crippen LogP) is 1.99. The molecule has 0 bridgehead atoms. The monoisotopic (exact) mass is 334 g/mol. The number of halogens is 1. The lowest BCUT2D eigenvalue weighted by molar-refractivity contribution is -0.147. The largest absolute Gasteiger partial charge is 0.454 e. The Labute approximate surface area is 137 Å². The first-order chi connectivity index (χ1) is 11.0. The summed E-state index contributed by atoms with van der Waals surface area (Å²) < 4.78 is 6.06. The quantitative estimate of drug-likeness (QED) is 0.848. The smallest absolute Gasteiger partial charge is 0.326 e. The van der Waals surface area contributed by atoms with E-state index in [-0.39, 0.29) is 12.1 Å². The number of hydrogen-bond donors (Lipinski definition) is 1. The molecular weight excluding hydrogens is 320 g/mol. The van der Waals surface area contributed by atoms with Gasteiger partial charge < -0.3 is 14.6 Å². The van der Waals surface area contributed by atoms with E-state index in [4.69, 9.17) is 16.3 Å². The van der Waals surface area contributed by atoms with Crippen molar-refractivity contribution in [1.82, 2.24) is 4.57 Å². The summed E-state index contributed by atoms with van der Waals surface area (Å²) in [6, 6.07) is 9.57. The molecule has 1 N–H and O–H groups in total. The molecule has 7 heteroatoms. The van der Waals surface area contributed by atoms with E-state index in [1.807, 2.05) is 0 Å². The molecule has 1 aromatic carbocycles. The van der Waals surface area contributed by atoms with E-state index in [9.17, 15) is 14.4 Å². The second-order valence-corrected chi connectivity index (χ2v) is 5.27. The number of ether oxygens (including phenoxy) is 1. The van der Waals surface area contributed by atoms with Crippen LogP contribution in [0, 0.1) is 6.92 Å². The lowest BCUT2D eigenvalue weighted by Gasteiger charge is -2.09. The SMILES string of the molecule is Cc1cc(Cl)ccc1NC(=O)COC(=O)Cn1ccccc1=O. The van der Waals surface area contributed by atoms with Gasteiger partial charge in [0.25, 0.3) is 11.5 Å². The van der Waals surface area contributed by atoms with Crippen LogP contribution >= 0.6 is 11.6 Å². The molecule has 120 valence electrons. The minimum absolute atomic E-state index is 0.243. The van der Waals surface area contributed by atoms with Gasteiger partial charge in [0.1, 0.15) is 6.54 Å². The summed E-state index contributed by atoms with van der Waals surface area (Å²) in [5.41, 5.74) is 1.08. The van der Waals surface area contributed by atoms with E-state index in [2.05, 4.69) is 5.32 Å². The van der Waals surface area contributed by atoms with E-state index in [0.717, 1.165) is 5.56 Å². The van der Waals surface area contributed by atoms with Gasteiger partial charge in [0, 0.05) is 23.0 Å². The van der Waals surface area contributed by atoms with Gasteiger partial charge in [0.2, 0.25) is 0 Å². The van der Waals surface area contributed by atoms with Gasteiger partial charge in [-0.1, -0.05) is 17.7 Å². The zero-order chi connectivity index (χ0) is 16.8. The number of aryl methyl sites for hydroxylation is 1. The number of anilines is 1. The average molecular weight is 335 g/mol. The molecule has 23 heavy (non-hydrogen) atoms. The second kappa shape index (κ2) is 7.60. The molecule has 1 heterocycles. The standard InChI is InChI=1S/C16H15ClN2O4/c1-11-8-12(17)5-6-13(11)18-14(20)10-23-16(22)9-19-7-3-2-4-15(19)21/h2-8H,9-10H2,1H3,(H,18,20). The molecule has 0 aliphatic carbocycles. The molecule has 0 saturated carbocycles. The van der Waals surface area contributed by atoms with Crippen LogP contribution in [0.2, 0.25) is 5.02 Å². The van der Waals surface area contributed by atoms with Gasteiger partial charge in [-0.25, -0.2) is 0 Å². The number of nitrogens with zero attached hydrogens (tertiary/aromatic N) is 1. The first-order valence-electron chi connectivity index (χ1n) is 6.83.